The zero-order valence-electron chi connectivity index (χ0n) is 18.7. The van der Waals surface area contributed by atoms with Crippen LogP contribution in [0.1, 0.15) is 49.0 Å². The summed E-state index contributed by atoms with van der Waals surface area (Å²) in [7, 11) is 5.40. The molecule has 2 aromatic rings. The van der Waals surface area contributed by atoms with Gasteiger partial charge >= 0.3 is 0 Å². The Hall–Kier alpha value is -2.45. The number of aromatic nitrogens is 2. The third kappa shape index (κ3) is 4.91. The van der Waals surface area contributed by atoms with Gasteiger partial charge in [-0.1, -0.05) is 17.3 Å². The van der Waals surface area contributed by atoms with Gasteiger partial charge in [0.05, 0.1) is 13.2 Å². The van der Waals surface area contributed by atoms with Gasteiger partial charge in [-0.25, -0.2) is 0 Å². The molecule has 1 aromatic heterocycles. The molecule has 2 aliphatic heterocycles. The molecule has 1 aromatic carbocycles. The predicted octanol–water partition coefficient (Wildman–Crippen LogP) is 2.84. The maximum absolute atomic E-state index is 12.8. The average molecular weight is 429 g/mol. The Morgan fingerprint density at radius 1 is 1.23 bits per heavy atom. The molecule has 31 heavy (non-hydrogen) atoms. The molecule has 4 rings (SSSR count). The first-order valence-electron chi connectivity index (χ1n) is 10.9. The molecule has 0 saturated carbocycles. The number of ether oxygens (including phenoxy) is 2. The van der Waals surface area contributed by atoms with Crippen LogP contribution in [0.3, 0.4) is 0 Å². The molecule has 2 aliphatic rings. The number of benzene rings is 1. The van der Waals surface area contributed by atoms with Crippen molar-refractivity contribution in [3.63, 3.8) is 0 Å². The number of carbonyl (C=O) groups excluding carboxylic acids is 1. The van der Waals surface area contributed by atoms with E-state index in [1.165, 1.54) is 0 Å². The fraction of sp³-hybridized carbons (Fsp3) is 0.609. The molecule has 8 heteroatoms. The van der Waals surface area contributed by atoms with E-state index < -0.39 is 0 Å². The van der Waals surface area contributed by atoms with Crippen molar-refractivity contribution in [1.82, 2.24) is 19.9 Å². The molecule has 1 unspecified atom stereocenters. The molecule has 1 spiro atoms. The highest BCUT2D eigenvalue weighted by Crippen LogP contribution is 2.47. The van der Waals surface area contributed by atoms with Gasteiger partial charge in [0.25, 0.3) is 5.89 Å². The van der Waals surface area contributed by atoms with Gasteiger partial charge in [-0.15, -0.1) is 0 Å². The van der Waals surface area contributed by atoms with Gasteiger partial charge in [-0.3, -0.25) is 9.69 Å². The molecule has 168 valence electrons. The standard InChI is InChI=1S/C23H32N4O4/c1-26-16-23(14-19(26)22-24-20(15-29-2)31-25-22)10-12-27(13-11-23)21(28)9-6-17-4-7-18(30-3)8-5-17/h4-5,7-8,19H,6,9-16H2,1-3H3. The van der Waals surface area contributed by atoms with E-state index in [9.17, 15) is 4.79 Å². The molecule has 2 fully saturated rings. The highest BCUT2D eigenvalue weighted by atomic mass is 16.5. The number of likely N-dealkylation sites (tertiary alicyclic amines) is 2. The Morgan fingerprint density at radius 3 is 2.65 bits per heavy atom. The second-order valence-electron chi connectivity index (χ2n) is 8.84. The molecule has 8 nitrogen and oxygen atoms in total. The lowest BCUT2D eigenvalue weighted by molar-refractivity contribution is -0.133. The molecule has 0 N–H and O–H groups in total. The Labute approximate surface area is 183 Å². The topological polar surface area (TPSA) is 80.9 Å². The van der Waals surface area contributed by atoms with Crippen LogP contribution < -0.4 is 4.74 Å². The van der Waals surface area contributed by atoms with E-state index in [4.69, 9.17) is 14.0 Å². The van der Waals surface area contributed by atoms with E-state index in [1.807, 2.05) is 29.2 Å². The smallest absolute Gasteiger partial charge is 0.252 e. The van der Waals surface area contributed by atoms with Crippen molar-refractivity contribution in [1.29, 1.82) is 0 Å². The van der Waals surface area contributed by atoms with Gasteiger partial charge < -0.3 is 18.9 Å². The van der Waals surface area contributed by atoms with Crippen LogP contribution in [0.4, 0.5) is 0 Å². The van der Waals surface area contributed by atoms with Crippen LogP contribution in [0, 0.1) is 5.41 Å². The highest BCUT2D eigenvalue weighted by molar-refractivity contribution is 5.76. The molecule has 1 atom stereocenters. The number of aryl methyl sites for hydroxylation is 1. The van der Waals surface area contributed by atoms with Crippen molar-refractivity contribution in [3.05, 3.63) is 41.5 Å². The summed E-state index contributed by atoms with van der Waals surface area (Å²) in [6.45, 7) is 2.98. The molecular weight excluding hydrogens is 396 g/mol. The summed E-state index contributed by atoms with van der Waals surface area (Å²) in [4.78, 5) is 21.6. The van der Waals surface area contributed by atoms with E-state index in [1.54, 1.807) is 14.2 Å². The molecule has 0 radical (unpaired) electrons. The number of hydrogen-bond donors (Lipinski definition) is 0. The first-order chi connectivity index (χ1) is 15.0. The van der Waals surface area contributed by atoms with E-state index >= 15 is 0 Å². The maximum Gasteiger partial charge on any atom is 0.252 e. The quantitative estimate of drug-likeness (QED) is 0.671. The summed E-state index contributed by atoms with van der Waals surface area (Å²) in [6.07, 6.45) is 4.35. The number of carbonyl (C=O) groups is 1. The zero-order valence-corrected chi connectivity index (χ0v) is 18.7. The average Bonchev–Trinajstić information content (AvgIpc) is 3.37. The number of rotatable bonds is 7. The molecule has 3 heterocycles. The first-order valence-corrected chi connectivity index (χ1v) is 10.9. The van der Waals surface area contributed by atoms with Crippen LogP contribution in [0.15, 0.2) is 28.8 Å². The minimum absolute atomic E-state index is 0.159. The normalized spacial score (nSPS) is 21.0. The summed E-state index contributed by atoms with van der Waals surface area (Å²) in [6, 6.07) is 8.11. The van der Waals surface area contributed by atoms with Gasteiger partial charge in [0, 0.05) is 33.2 Å². The Kier molecular flexibility index (Phi) is 6.57. The summed E-state index contributed by atoms with van der Waals surface area (Å²) in [5.41, 5.74) is 1.38. The molecule has 0 aliphatic carbocycles. The summed E-state index contributed by atoms with van der Waals surface area (Å²) < 4.78 is 15.6. The van der Waals surface area contributed by atoms with Crippen LogP contribution in [-0.2, 0) is 22.6 Å². The summed E-state index contributed by atoms with van der Waals surface area (Å²) in [5, 5.41) is 4.17. The third-order valence-corrected chi connectivity index (χ3v) is 6.76. The lowest BCUT2D eigenvalue weighted by atomic mass is 9.76. The number of methoxy groups -OCH3 is 2. The van der Waals surface area contributed by atoms with Crippen molar-refractivity contribution in [2.24, 2.45) is 5.41 Å². The van der Waals surface area contributed by atoms with Crippen molar-refractivity contribution in [2.75, 3.05) is 40.9 Å². The Bertz CT molecular complexity index is 874. The fourth-order valence-corrected chi connectivity index (χ4v) is 4.94. The van der Waals surface area contributed by atoms with Crippen molar-refractivity contribution >= 4 is 5.91 Å². The highest BCUT2D eigenvalue weighted by Gasteiger charge is 2.46. The van der Waals surface area contributed by atoms with Gasteiger partial charge in [-0.05, 0) is 55.8 Å². The molecule has 2 saturated heterocycles. The van der Waals surface area contributed by atoms with Crippen LogP contribution in [0.5, 0.6) is 5.75 Å². The maximum atomic E-state index is 12.8. The number of piperidine rings is 1. The minimum atomic E-state index is 0.159. The van der Waals surface area contributed by atoms with Crippen LogP contribution in [0.25, 0.3) is 0 Å². The summed E-state index contributed by atoms with van der Waals surface area (Å²) >= 11 is 0. The Balaban J connectivity index is 1.28. The van der Waals surface area contributed by atoms with Gasteiger partial charge in [-0.2, -0.15) is 4.98 Å². The van der Waals surface area contributed by atoms with Gasteiger partial charge in [0.2, 0.25) is 5.91 Å². The minimum Gasteiger partial charge on any atom is -0.497 e. The van der Waals surface area contributed by atoms with Crippen molar-refractivity contribution in [2.45, 2.75) is 44.8 Å². The van der Waals surface area contributed by atoms with Crippen LogP contribution in [-0.4, -0.2) is 66.7 Å². The number of amides is 1. The van der Waals surface area contributed by atoms with Crippen LogP contribution in [0.2, 0.25) is 0 Å². The second-order valence-corrected chi connectivity index (χ2v) is 8.84. The largest absolute Gasteiger partial charge is 0.497 e. The molecule has 0 bridgehead atoms. The number of hydrogen-bond acceptors (Lipinski definition) is 7. The lowest BCUT2D eigenvalue weighted by Gasteiger charge is -2.39. The van der Waals surface area contributed by atoms with E-state index in [2.05, 4.69) is 22.1 Å². The van der Waals surface area contributed by atoms with Crippen molar-refractivity contribution in [3.8, 4) is 5.75 Å². The first kappa shape index (κ1) is 21.8. The van der Waals surface area contributed by atoms with Crippen molar-refractivity contribution < 1.29 is 18.8 Å². The van der Waals surface area contributed by atoms with Gasteiger partial charge in [0.15, 0.2) is 5.82 Å². The second kappa shape index (κ2) is 9.36. The van der Waals surface area contributed by atoms with Gasteiger partial charge in [0.1, 0.15) is 12.4 Å². The zero-order chi connectivity index (χ0) is 21.8. The fourth-order valence-electron chi connectivity index (χ4n) is 4.94. The number of nitrogens with zero attached hydrogens (tertiary/aromatic N) is 4. The van der Waals surface area contributed by atoms with E-state index in [0.717, 1.165) is 62.5 Å². The molecular formula is C23H32N4O4. The third-order valence-electron chi connectivity index (χ3n) is 6.76. The predicted molar refractivity (Wildman–Crippen MR) is 115 cm³/mol. The van der Waals surface area contributed by atoms with Crippen LogP contribution >= 0.6 is 0 Å². The lowest BCUT2D eigenvalue weighted by Crippen LogP contribution is -2.44. The SMILES string of the molecule is COCc1nc(C2CC3(CCN(C(=O)CCc4ccc(OC)cc4)CC3)CN2C)no1. The van der Waals surface area contributed by atoms with E-state index in [0.29, 0.717) is 18.9 Å². The summed E-state index contributed by atoms with van der Waals surface area (Å²) in [5.74, 6) is 2.34. The Morgan fingerprint density at radius 2 is 1.97 bits per heavy atom. The van der Waals surface area contributed by atoms with E-state index in [-0.39, 0.29) is 17.4 Å². The molecule has 1 amide bonds. The monoisotopic (exact) mass is 428 g/mol.